The smallest absolute Gasteiger partial charge is 0.225 e. The number of piperazine rings is 1. The van der Waals surface area contributed by atoms with Crippen molar-refractivity contribution in [2.75, 3.05) is 39.3 Å². The van der Waals surface area contributed by atoms with E-state index in [-0.39, 0.29) is 11.8 Å². The Balaban J connectivity index is 1.53. The van der Waals surface area contributed by atoms with Crippen LogP contribution in [0.4, 0.5) is 0 Å². The van der Waals surface area contributed by atoms with E-state index in [1.54, 1.807) is 0 Å². The minimum atomic E-state index is -0.0194. The summed E-state index contributed by atoms with van der Waals surface area (Å²) in [6.45, 7) is 12.1. The molecular formula is C21H33N3O2. The van der Waals surface area contributed by atoms with E-state index in [0.29, 0.717) is 11.8 Å². The summed E-state index contributed by atoms with van der Waals surface area (Å²) >= 11 is 0. The normalized spacial score (nSPS) is 21.0. The fourth-order valence-corrected chi connectivity index (χ4v) is 4.41. The van der Waals surface area contributed by atoms with Crippen LogP contribution in [0.3, 0.4) is 0 Å². The van der Waals surface area contributed by atoms with Crippen LogP contribution < -0.4 is 5.32 Å². The third-order valence-corrected chi connectivity index (χ3v) is 5.96. The number of carbonyl (C=O) groups is 1. The van der Waals surface area contributed by atoms with Crippen LogP contribution in [0.1, 0.15) is 36.5 Å². The van der Waals surface area contributed by atoms with Gasteiger partial charge < -0.3 is 15.3 Å². The van der Waals surface area contributed by atoms with Gasteiger partial charge in [-0.25, -0.2) is 0 Å². The Morgan fingerprint density at radius 2 is 1.73 bits per heavy atom. The Hall–Kier alpha value is -1.59. The summed E-state index contributed by atoms with van der Waals surface area (Å²) in [5.41, 5.74) is 2.90. The molecule has 2 fully saturated rings. The van der Waals surface area contributed by atoms with Crippen molar-refractivity contribution in [3.63, 3.8) is 0 Å². The highest BCUT2D eigenvalue weighted by Crippen LogP contribution is 2.25. The summed E-state index contributed by atoms with van der Waals surface area (Å²) in [7, 11) is 0. The lowest BCUT2D eigenvalue weighted by molar-refractivity contribution is -0.136. The first-order valence-electron chi connectivity index (χ1n) is 9.98. The number of benzene rings is 1. The average Bonchev–Trinajstić information content (AvgIpc) is 2.66. The lowest BCUT2D eigenvalue weighted by Gasteiger charge is -2.41. The fourth-order valence-electron chi connectivity index (χ4n) is 4.41. The predicted octanol–water partition coefficient (Wildman–Crippen LogP) is 2.08. The standard InChI is InChI=1S/C21H33N3O2/c1-15-12-18(13-16(2)20(15)25)14-17(3)21(26)24-8-4-19(5-9-24)23-10-6-22-7-11-23/h12-13,17,19,22,25H,4-11,14H2,1-3H3/t17-/m1/s1. The highest BCUT2D eigenvalue weighted by molar-refractivity contribution is 5.79. The Bertz CT molecular complexity index is 609. The van der Waals surface area contributed by atoms with E-state index in [1.807, 2.05) is 32.9 Å². The van der Waals surface area contributed by atoms with Gasteiger partial charge in [0.25, 0.3) is 0 Å². The molecule has 0 saturated carbocycles. The SMILES string of the molecule is Cc1cc(C[C@@H](C)C(=O)N2CCC(N3CCNCC3)CC2)cc(C)c1O. The molecule has 144 valence electrons. The van der Waals surface area contributed by atoms with Crippen LogP contribution in [-0.4, -0.2) is 66.1 Å². The number of amides is 1. The lowest BCUT2D eigenvalue weighted by atomic mass is 9.95. The molecule has 1 atom stereocenters. The first-order valence-corrected chi connectivity index (χ1v) is 9.98. The number of likely N-dealkylation sites (tertiary alicyclic amines) is 1. The van der Waals surface area contributed by atoms with Crippen molar-refractivity contribution in [1.29, 1.82) is 0 Å². The largest absolute Gasteiger partial charge is 0.507 e. The maximum Gasteiger partial charge on any atom is 0.225 e. The monoisotopic (exact) mass is 359 g/mol. The molecule has 0 bridgehead atoms. The molecule has 1 amide bonds. The minimum absolute atomic E-state index is 0.0194. The number of nitrogens with one attached hydrogen (secondary N) is 1. The van der Waals surface area contributed by atoms with Gasteiger partial charge in [0.1, 0.15) is 5.75 Å². The Morgan fingerprint density at radius 1 is 1.15 bits per heavy atom. The fraction of sp³-hybridized carbons (Fsp3) is 0.667. The van der Waals surface area contributed by atoms with E-state index in [0.717, 1.165) is 75.2 Å². The Kier molecular flexibility index (Phi) is 6.20. The molecule has 0 unspecified atom stereocenters. The second-order valence-corrected chi connectivity index (χ2v) is 8.03. The number of aryl methyl sites for hydroxylation is 2. The molecular weight excluding hydrogens is 326 g/mol. The zero-order chi connectivity index (χ0) is 18.7. The topological polar surface area (TPSA) is 55.8 Å². The van der Waals surface area contributed by atoms with Crippen molar-refractivity contribution in [2.24, 2.45) is 5.92 Å². The number of aromatic hydroxyl groups is 1. The molecule has 3 rings (SSSR count). The van der Waals surface area contributed by atoms with Gasteiger partial charge in [-0.2, -0.15) is 0 Å². The van der Waals surface area contributed by atoms with Crippen LogP contribution in [0.15, 0.2) is 12.1 Å². The molecule has 2 heterocycles. The van der Waals surface area contributed by atoms with Gasteiger partial charge in [0.2, 0.25) is 5.91 Å². The molecule has 0 spiro atoms. The maximum absolute atomic E-state index is 12.9. The molecule has 2 aliphatic heterocycles. The van der Waals surface area contributed by atoms with E-state index in [1.165, 1.54) is 0 Å². The van der Waals surface area contributed by atoms with Gasteiger partial charge in [-0.1, -0.05) is 19.1 Å². The molecule has 2 saturated heterocycles. The molecule has 1 aromatic carbocycles. The molecule has 0 aromatic heterocycles. The number of rotatable bonds is 4. The minimum Gasteiger partial charge on any atom is -0.507 e. The molecule has 1 aromatic rings. The van der Waals surface area contributed by atoms with Gasteiger partial charge >= 0.3 is 0 Å². The summed E-state index contributed by atoms with van der Waals surface area (Å²) < 4.78 is 0. The summed E-state index contributed by atoms with van der Waals surface area (Å²) in [5.74, 6) is 0.615. The van der Waals surface area contributed by atoms with E-state index < -0.39 is 0 Å². The van der Waals surface area contributed by atoms with Gasteiger partial charge in [-0.05, 0) is 49.8 Å². The molecule has 2 N–H and O–H groups in total. The Labute approximate surface area is 157 Å². The van der Waals surface area contributed by atoms with Crippen molar-refractivity contribution in [3.05, 3.63) is 28.8 Å². The molecule has 5 nitrogen and oxygen atoms in total. The highest BCUT2D eigenvalue weighted by Gasteiger charge is 2.29. The summed E-state index contributed by atoms with van der Waals surface area (Å²) in [6, 6.07) is 4.64. The number of carbonyl (C=O) groups excluding carboxylic acids is 1. The number of phenolic OH excluding ortho intramolecular Hbond substituents is 1. The van der Waals surface area contributed by atoms with Gasteiger partial charge in [0, 0.05) is 51.2 Å². The lowest BCUT2D eigenvalue weighted by Crippen LogP contribution is -2.53. The molecule has 0 aliphatic carbocycles. The van der Waals surface area contributed by atoms with E-state index >= 15 is 0 Å². The zero-order valence-corrected chi connectivity index (χ0v) is 16.4. The summed E-state index contributed by atoms with van der Waals surface area (Å²) in [6.07, 6.45) is 2.92. The second kappa shape index (κ2) is 8.40. The van der Waals surface area contributed by atoms with Crippen molar-refractivity contribution in [1.82, 2.24) is 15.1 Å². The van der Waals surface area contributed by atoms with Gasteiger partial charge in [-0.15, -0.1) is 0 Å². The molecule has 26 heavy (non-hydrogen) atoms. The van der Waals surface area contributed by atoms with Crippen LogP contribution in [0, 0.1) is 19.8 Å². The highest BCUT2D eigenvalue weighted by atomic mass is 16.3. The van der Waals surface area contributed by atoms with Crippen molar-refractivity contribution in [2.45, 2.75) is 46.1 Å². The van der Waals surface area contributed by atoms with E-state index in [9.17, 15) is 9.90 Å². The Morgan fingerprint density at radius 3 is 2.31 bits per heavy atom. The van der Waals surface area contributed by atoms with Gasteiger partial charge in [0.15, 0.2) is 0 Å². The first-order chi connectivity index (χ1) is 12.5. The van der Waals surface area contributed by atoms with Crippen molar-refractivity contribution < 1.29 is 9.90 Å². The third kappa shape index (κ3) is 4.38. The number of piperidine rings is 1. The van der Waals surface area contributed by atoms with Crippen LogP contribution >= 0.6 is 0 Å². The molecule has 5 heteroatoms. The van der Waals surface area contributed by atoms with Crippen LogP contribution in [0.5, 0.6) is 5.75 Å². The van der Waals surface area contributed by atoms with Crippen LogP contribution in [0.25, 0.3) is 0 Å². The van der Waals surface area contributed by atoms with Crippen molar-refractivity contribution in [3.8, 4) is 5.75 Å². The third-order valence-electron chi connectivity index (χ3n) is 5.96. The van der Waals surface area contributed by atoms with Crippen LogP contribution in [-0.2, 0) is 11.2 Å². The number of nitrogens with zero attached hydrogens (tertiary/aromatic N) is 2. The van der Waals surface area contributed by atoms with E-state index in [4.69, 9.17) is 0 Å². The van der Waals surface area contributed by atoms with E-state index in [2.05, 4.69) is 15.1 Å². The summed E-state index contributed by atoms with van der Waals surface area (Å²) in [5, 5.41) is 13.3. The zero-order valence-electron chi connectivity index (χ0n) is 16.4. The first kappa shape index (κ1) is 19.2. The molecule has 2 aliphatic rings. The average molecular weight is 360 g/mol. The predicted molar refractivity (Wildman–Crippen MR) is 104 cm³/mol. The number of phenols is 1. The number of hydrogen-bond acceptors (Lipinski definition) is 4. The second-order valence-electron chi connectivity index (χ2n) is 8.03. The number of hydrogen-bond donors (Lipinski definition) is 2. The quantitative estimate of drug-likeness (QED) is 0.864. The molecule has 0 radical (unpaired) electrons. The van der Waals surface area contributed by atoms with Crippen LogP contribution in [0.2, 0.25) is 0 Å². The summed E-state index contributed by atoms with van der Waals surface area (Å²) in [4.78, 5) is 17.5. The van der Waals surface area contributed by atoms with Gasteiger partial charge in [-0.3, -0.25) is 9.69 Å². The maximum atomic E-state index is 12.9. The van der Waals surface area contributed by atoms with Crippen molar-refractivity contribution >= 4 is 5.91 Å². The van der Waals surface area contributed by atoms with Gasteiger partial charge in [0.05, 0.1) is 0 Å².